The largest absolute Gasteiger partial charge is 0.478 e. The van der Waals surface area contributed by atoms with Crippen molar-refractivity contribution in [2.45, 2.75) is 17.1 Å². The summed E-state index contributed by atoms with van der Waals surface area (Å²) in [5.74, 6) is -1.08. The molecule has 0 radical (unpaired) electrons. The van der Waals surface area contributed by atoms with Crippen molar-refractivity contribution in [2.24, 2.45) is 0 Å². The number of hydrogen-bond donors (Lipinski definition) is 2. The molecule has 2 aromatic heterocycles. The van der Waals surface area contributed by atoms with E-state index in [2.05, 4.69) is 15.0 Å². The molecule has 2 N–H and O–H groups in total. The van der Waals surface area contributed by atoms with E-state index in [-0.39, 0.29) is 10.6 Å². The number of aromatic nitrogens is 3. The number of fused-ring (bicyclic) bond motifs is 1. The molecule has 0 aliphatic heterocycles. The maximum atomic E-state index is 11.1. The van der Waals surface area contributed by atoms with Crippen LogP contribution in [0.1, 0.15) is 15.9 Å². The molecule has 1 aromatic carbocycles. The van der Waals surface area contributed by atoms with Gasteiger partial charge in [-0.2, -0.15) is 0 Å². The second-order valence-corrected chi connectivity index (χ2v) is 5.89. The van der Waals surface area contributed by atoms with Gasteiger partial charge in [-0.3, -0.25) is 0 Å². The van der Waals surface area contributed by atoms with Gasteiger partial charge in [-0.1, -0.05) is 17.7 Å². The average Bonchev–Trinajstić information content (AvgIpc) is 2.82. The van der Waals surface area contributed by atoms with Gasteiger partial charge in [-0.25, -0.2) is 14.8 Å². The van der Waals surface area contributed by atoms with Crippen LogP contribution in [0.2, 0.25) is 5.02 Å². The SMILES string of the molecule is Cc1ccc2nc(Sc3cc(C(=O)O)c(Cl)cn3)[nH]c2c1. The molecule has 0 amide bonds. The molecule has 106 valence electrons. The Bertz CT molecular complexity index is 847. The maximum absolute atomic E-state index is 11.1. The number of hydrogen-bond acceptors (Lipinski definition) is 4. The molecule has 0 atom stereocenters. The number of aromatic carboxylic acids is 1. The van der Waals surface area contributed by atoms with Gasteiger partial charge in [-0.15, -0.1) is 0 Å². The number of carboxylic acid groups (broad SMARTS) is 1. The second-order valence-electron chi connectivity index (χ2n) is 4.47. The summed E-state index contributed by atoms with van der Waals surface area (Å²) in [4.78, 5) is 22.8. The van der Waals surface area contributed by atoms with Crippen LogP contribution in [0.3, 0.4) is 0 Å². The minimum atomic E-state index is -1.08. The summed E-state index contributed by atoms with van der Waals surface area (Å²) in [6.07, 6.45) is 1.33. The van der Waals surface area contributed by atoms with Gasteiger partial charge in [0.15, 0.2) is 5.16 Å². The van der Waals surface area contributed by atoms with Gasteiger partial charge in [0.25, 0.3) is 0 Å². The lowest BCUT2D eigenvalue weighted by molar-refractivity contribution is 0.0696. The fraction of sp³-hybridized carbons (Fsp3) is 0.0714. The normalized spacial score (nSPS) is 11.0. The molecule has 21 heavy (non-hydrogen) atoms. The highest BCUT2D eigenvalue weighted by atomic mass is 35.5. The summed E-state index contributed by atoms with van der Waals surface area (Å²) in [6.45, 7) is 2.01. The van der Waals surface area contributed by atoms with Crippen molar-refractivity contribution in [1.29, 1.82) is 0 Å². The van der Waals surface area contributed by atoms with Crippen molar-refractivity contribution in [2.75, 3.05) is 0 Å². The zero-order valence-corrected chi connectivity index (χ0v) is 12.5. The molecule has 2 heterocycles. The van der Waals surface area contributed by atoms with Gasteiger partial charge in [0.1, 0.15) is 5.03 Å². The summed E-state index contributed by atoms with van der Waals surface area (Å²) in [5, 5.41) is 10.3. The molecule has 0 unspecified atom stereocenters. The van der Waals surface area contributed by atoms with Gasteiger partial charge in [0.2, 0.25) is 0 Å². The van der Waals surface area contributed by atoms with E-state index >= 15 is 0 Å². The number of nitrogens with one attached hydrogen (secondary N) is 1. The van der Waals surface area contributed by atoms with Crippen LogP contribution in [-0.2, 0) is 0 Å². The van der Waals surface area contributed by atoms with E-state index in [0.717, 1.165) is 16.6 Å². The Morgan fingerprint density at radius 3 is 2.95 bits per heavy atom. The number of aromatic amines is 1. The molecule has 0 aliphatic carbocycles. The molecular formula is C14H10ClN3O2S. The van der Waals surface area contributed by atoms with E-state index in [1.807, 2.05) is 25.1 Å². The van der Waals surface area contributed by atoms with E-state index < -0.39 is 5.97 Å². The van der Waals surface area contributed by atoms with Crippen molar-refractivity contribution < 1.29 is 9.90 Å². The number of pyridine rings is 1. The van der Waals surface area contributed by atoms with Gasteiger partial charge in [-0.05, 0) is 42.4 Å². The molecule has 3 aromatic rings. The Balaban J connectivity index is 1.94. The van der Waals surface area contributed by atoms with Crippen LogP contribution in [0, 0.1) is 6.92 Å². The molecule has 3 rings (SSSR count). The highest BCUT2D eigenvalue weighted by Crippen LogP contribution is 2.28. The fourth-order valence-electron chi connectivity index (χ4n) is 1.89. The predicted molar refractivity (Wildman–Crippen MR) is 81.2 cm³/mol. The summed E-state index contributed by atoms with van der Waals surface area (Å²) in [5.41, 5.74) is 2.96. The Kier molecular flexibility index (Phi) is 3.57. The van der Waals surface area contributed by atoms with Crippen molar-refractivity contribution in [3.8, 4) is 0 Å². The number of H-pyrrole nitrogens is 1. The number of imidazole rings is 1. The molecule has 0 fully saturated rings. The topological polar surface area (TPSA) is 78.9 Å². The Morgan fingerprint density at radius 1 is 1.38 bits per heavy atom. The summed E-state index contributed by atoms with van der Waals surface area (Å²) >= 11 is 7.06. The first-order valence-electron chi connectivity index (χ1n) is 6.06. The molecule has 0 saturated heterocycles. The lowest BCUT2D eigenvalue weighted by Gasteiger charge is -2.01. The molecule has 0 spiro atoms. The highest BCUT2D eigenvalue weighted by molar-refractivity contribution is 7.99. The number of halogens is 1. The maximum Gasteiger partial charge on any atom is 0.337 e. The van der Waals surface area contributed by atoms with Gasteiger partial charge >= 0.3 is 5.97 Å². The number of nitrogens with zero attached hydrogens (tertiary/aromatic N) is 2. The third kappa shape index (κ3) is 2.86. The minimum absolute atomic E-state index is 0.0288. The monoisotopic (exact) mass is 319 g/mol. The molecule has 0 saturated carbocycles. The predicted octanol–water partition coefficient (Wildman–Crippen LogP) is 3.77. The van der Waals surface area contributed by atoms with Gasteiger partial charge in [0.05, 0.1) is 21.6 Å². The van der Waals surface area contributed by atoms with Crippen LogP contribution in [-0.4, -0.2) is 26.0 Å². The molecule has 5 nitrogen and oxygen atoms in total. The molecule has 0 aliphatic rings. The number of benzene rings is 1. The molecular weight excluding hydrogens is 310 g/mol. The van der Waals surface area contributed by atoms with Crippen LogP contribution in [0.5, 0.6) is 0 Å². The first-order valence-corrected chi connectivity index (χ1v) is 7.25. The van der Waals surface area contributed by atoms with Crippen molar-refractivity contribution >= 4 is 40.4 Å². The van der Waals surface area contributed by atoms with Crippen LogP contribution in [0.25, 0.3) is 11.0 Å². The quantitative estimate of drug-likeness (QED) is 0.768. The summed E-state index contributed by atoms with van der Waals surface area (Å²) in [6, 6.07) is 7.36. The third-order valence-electron chi connectivity index (χ3n) is 2.88. The third-order valence-corrected chi connectivity index (χ3v) is 4.00. The zero-order valence-electron chi connectivity index (χ0n) is 10.9. The zero-order chi connectivity index (χ0) is 15.0. The van der Waals surface area contributed by atoms with Crippen LogP contribution >= 0.6 is 23.4 Å². The lowest BCUT2D eigenvalue weighted by Crippen LogP contribution is -1.98. The minimum Gasteiger partial charge on any atom is -0.478 e. The number of carbonyl (C=O) groups is 1. The van der Waals surface area contributed by atoms with E-state index in [1.54, 1.807) is 0 Å². The Hall–Kier alpha value is -2.05. The fourth-order valence-corrected chi connectivity index (χ4v) is 2.86. The lowest BCUT2D eigenvalue weighted by atomic mass is 10.2. The van der Waals surface area contributed by atoms with Crippen molar-refractivity contribution in [3.05, 3.63) is 46.6 Å². The number of rotatable bonds is 3. The second kappa shape index (κ2) is 5.38. The molecule has 0 bridgehead atoms. The van der Waals surface area contributed by atoms with Crippen LogP contribution in [0.15, 0.2) is 40.6 Å². The highest BCUT2D eigenvalue weighted by Gasteiger charge is 2.12. The van der Waals surface area contributed by atoms with E-state index in [1.165, 1.54) is 24.0 Å². The first-order chi connectivity index (χ1) is 10.0. The van der Waals surface area contributed by atoms with Crippen molar-refractivity contribution in [3.63, 3.8) is 0 Å². The molecule has 7 heteroatoms. The Labute approximate surface area is 129 Å². The standard InChI is InChI=1S/C14H10ClN3O2S/c1-7-2-3-10-11(4-7)18-14(17-10)21-12-5-8(13(19)20)9(15)6-16-12/h2-6H,1H3,(H,17,18)(H,19,20). The average molecular weight is 320 g/mol. The number of aryl methyl sites for hydroxylation is 1. The van der Waals surface area contributed by atoms with Gasteiger partial charge in [0, 0.05) is 6.20 Å². The summed E-state index contributed by atoms with van der Waals surface area (Å²) < 4.78 is 0. The van der Waals surface area contributed by atoms with E-state index in [9.17, 15) is 4.79 Å². The first kappa shape index (κ1) is 13.9. The Morgan fingerprint density at radius 2 is 2.19 bits per heavy atom. The van der Waals surface area contributed by atoms with Crippen molar-refractivity contribution in [1.82, 2.24) is 15.0 Å². The van der Waals surface area contributed by atoms with E-state index in [4.69, 9.17) is 16.7 Å². The van der Waals surface area contributed by atoms with Gasteiger partial charge < -0.3 is 10.1 Å². The summed E-state index contributed by atoms with van der Waals surface area (Å²) in [7, 11) is 0. The van der Waals surface area contributed by atoms with Crippen LogP contribution in [0.4, 0.5) is 0 Å². The van der Waals surface area contributed by atoms with E-state index in [0.29, 0.717) is 10.2 Å². The smallest absolute Gasteiger partial charge is 0.337 e. The number of carboxylic acids is 1. The van der Waals surface area contributed by atoms with Crippen LogP contribution < -0.4 is 0 Å².